The van der Waals surface area contributed by atoms with E-state index in [2.05, 4.69) is 35.1 Å². The number of amides is 2. The maximum atomic E-state index is 14.2. The maximum absolute atomic E-state index is 14.2. The topological polar surface area (TPSA) is 63.6 Å². The van der Waals surface area contributed by atoms with Gasteiger partial charge in [0.1, 0.15) is 0 Å². The molecule has 1 aromatic heterocycles. The average molecular weight is 482 g/mol. The Morgan fingerprint density at radius 2 is 1.69 bits per heavy atom. The van der Waals surface area contributed by atoms with Crippen LogP contribution >= 0.6 is 0 Å². The summed E-state index contributed by atoms with van der Waals surface area (Å²) >= 11 is 0. The zero-order chi connectivity index (χ0) is 25.2. The number of benzene rings is 3. The predicted molar refractivity (Wildman–Crippen MR) is 142 cm³/mol. The van der Waals surface area contributed by atoms with Crippen LogP contribution < -0.4 is 5.32 Å². The summed E-state index contributed by atoms with van der Waals surface area (Å²) in [4.78, 5) is 29.8. The Morgan fingerprint density at radius 3 is 2.50 bits per heavy atom. The molecule has 2 heterocycles. The van der Waals surface area contributed by atoms with E-state index in [1.165, 1.54) is 0 Å². The van der Waals surface area contributed by atoms with Crippen LogP contribution in [0.4, 0.5) is 5.69 Å². The molecule has 0 spiro atoms. The van der Waals surface area contributed by atoms with Crippen LogP contribution in [0.5, 0.6) is 0 Å². The highest BCUT2D eigenvalue weighted by atomic mass is 16.5. The highest BCUT2D eigenvalue weighted by Gasteiger charge is 2.45. The van der Waals surface area contributed by atoms with Gasteiger partial charge in [0.2, 0.25) is 5.91 Å². The third kappa shape index (κ3) is 4.07. The summed E-state index contributed by atoms with van der Waals surface area (Å²) in [5.41, 5.74) is 5.20. The average Bonchev–Trinajstić information content (AvgIpc) is 3.24. The zero-order valence-corrected chi connectivity index (χ0v) is 20.9. The van der Waals surface area contributed by atoms with E-state index in [0.29, 0.717) is 18.7 Å². The van der Waals surface area contributed by atoms with Crippen molar-refractivity contribution in [2.75, 3.05) is 25.6 Å². The predicted octanol–water partition coefficient (Wildman–Crippen LogP) is 5.31. The molecule has 4 aromatic rings. The van der Waals surface area contributed by atoms with Crippen molar-refractivity contribution >= 4 is 28.4 Å². The highest BCUT2D eigenvalue weighted by molar-refractivity contribution is 6.05. The van der Waals surface area contributed by atoms with Gasteiger partial charge in [-0.1, -0.05) is 61.5 Å². The summed E-state index contributed by atoms with van der Waals surface area (Å²) in [6, 6.07) is 23.0. The fraction of sp³-hybridized carbons (Fsp3) is 0.267. The van der Waals surface area contributed by atoms with Gasteiger partial charge in [-0.2, -0.15) is 0 Å². The molecule has 3 aromatic carbocycles. The number of nitrogens with zero attached hydrogens (tertiary/aromatic N) is 2. The molecule has 6 heteroatoms. The molecule has 5 rings (SSSR count). The first-order valence-electron chi connectivity index (χ1n) is 12.4. The molecule has 0 saturated carbocycles. The van der Waals surface area contributed by atoms with Gasteiger partial charge >= 0.3 is 0 Å². The van der Waals surface area contributed by atoms with Crippen molar-refractivity contribution in [2.45, 2.75) is 25.3 Å². The van der Waals surface area contributed by atoms with Crippen molar-refractivity contribution in [2.24, 2.45) is 7.05 Å². The Labute approximate surface area is 211 Å². The second-order valence-corrected chi connectivity index (χ2v) is 9.21. The highest BCUT2D eigenvalue weighted by Crippen LogP contribution is 2.45. The third-order valence-electron chi connectivity index (χ3n) is 7.16. The lowest BCUT2D eigenvalue weighted by Gasteiger charge is -2.41. The SMILES string of the molecule is CCc1ccccc1NC(=O)[C@@H]1c2ccccc2C(=O)N(CCOC)[C@H]1c1cn(C)c2ccccc12. The molecule has 1 aliphatic rings. The van der Waals surface area contributed by atoms with Gasteiger partial charge in [0.15, 0.2) is 0 Å². The fourth-order valence-corrected chi connectivity index (χ4v) is 5.43. The summed E-state index contributed by atoms with van der Waals surface area (Å²) in [6.07, 6.45) is 2.86. The van der Waals surface area contributed by atoms with Gasteiger partial charge in [-0.3, -0.25) is 9.59 Å². The Bertz CT molecular complexity index is 1420. The van der Waals surface area contributed by atoms with E-state index in [1.54, 1.807) is 7.11 Å². The Hall–Kier alpha value is -3.90. The molecule has 0 radical (unpaired) electrons. The van der Waals surface area contributed by atoms with Crippen LogP contribution in [-0.4, -0.2) is 41.5 Å². The normalized spacial score (nSPS) is 17.3. The summed E-state index contributed by atoms with van der Waals surface area (Å²) in [5.74, 6) is -0.804. The number of hydrogen-bond acceptors (Lipinski definition) is 3. The second-order valence-electron chi connectivity index (χ2n) is 9.21. The molecule has 184 valence electrons. The van der Waals surface area contributed by atoms with E-state index in [0.717, 1.165) is 39.7 Å². The number of hydrogen-bond donors (Lipinski definition) is 1. The molecule has 36 heavy (non-hydrogen) atoms. The minimum absolute atomic E-state index is 0.0846. The Morgan fingerprint density at radius 1 is 0.972 bits per heavy atom. The molecule has 0 unspecified atom stereocenters. The van der Waals surface area contributed by atoms with E-state index in [1.807, 2.05) is 72.6 Å². The quantitative estimate of drug-likeness (QED) is 0.389. The number of aromatic nitrogens is 1. The maximum Gasteiger partial charge on any atom is 0.254 e. The molecular formula is C30H31N3O3. The number of fused-ring (bicyclic) bond motifs is 2. The van der Waals surface area contributed by atoms with E-state index < -0.39 is 12.0 Å². The van der Waals surface area contributed by atoms with Crippen LogP contribution in [0.15, 0.2) is 79.0 Å². The number of anilines is 1. The van der Waals surface area contributed by atoms with E-state index >= 15 is 0 Å². The lowest BCUT2D eigenvalue weighted by Crippen LogP contribution is -2.47. The molecule has 0 fully saturated rings. The number of nitrogens with one attached hydrogen (secondary N) is 1. The van der Waals surface area contributed by atoms with E-state index in [9.17, 15) is 9.59 Å². The fourth-order valence-electron chi connectivity index (χ4n) is 5.43. The molecule has 2 amide bonds. The summed E-state index contributed by atoms with van der Waals surface area (Å²) in [6.45, 7) is 2.83. The van der Waals surface area contributed by atoms with E-state index in [-0.39, 0.29) is 11.8 Å². The third-order valence-corrected chi connectivity index (χ3v) is 7.16. The lowest BCUT2D eigenvalue weighted by atomic mass is 9.79. The molecule has 6 nitrogen and oxygen atoms in total. The van der Waals surface area contributed by atoms with Crippen molar-refractivity contribution in [1.82, 2.24) is 9.47 Å². The van der Waals surface area contributed by atoms with Crippen molar-refractivity contribution in [3.8, 4) is 0 Å². The largest absolute Gasteiger partial charge is 0.383 e. The summed E-state index contributed by atoms with van der Waals surface area (Å²) in [7, 11) is 3.62. The van der Waals surface area contributed by atoms with Crippen LogP contribution in [0.1, 0.15) is 45.9 Å². The number of ether oxygens (including phenoxy) is 1. The van der Waals surface area contributed by atoms with Gasteiger partial charge in [0, 0.05) is 54.6 Å². The van der Waals surface area contributed by atoms with Gasteiger partial charge in [0.25, 0.3) is 5.91 Å². The van der Waals surface area contributed by atoms with Crippen LogP contribution in [0, 0.1) is 0 Å². The van der Waals surface area contributed by atoms with Crippen molar-refractivity contribution in [3.05, 3.63) is 101 Å². The molecule has 1 N–H and O–H groups in total. The lowest BCUT2D eigenvalue weighted by molar-refractivity contribution is -0.119. The van der Waals surface area contributed by atoms with Crippen LogP contribution in [0.2, 0.25) is 0 Å². The summed E-state index contributed by atoms with van der Waals surface area (Å²) < 4.78 is 7.44. The van der Waals surface area contributed by atoms with Gasteiger partial charge < -0.3 is 19.5 Å². The van der Waals surface area contributed by atoms with Gasteiger partial charge in [-0.15, -0.1) is 0 Å². The Kier molecular flexibility index (Phi) is 6.61. The molecule has 0 saturated heterocycles. The first-order chi connectivity index (χ1) is 17.5. The van der Waals surface area contributed by atoms with Crippen molar-refractivity contribution in [1.29, 1.82) is 0 Å². The number of methoxy groups -OCH3 is 1. The molecule has 0 aliphatic carbocycles. The van der Waals surface area contributed by atoms with Crippen LogP contribution in [0.3, 0.4) is 0 Å². The number of rotatable bonds is 7. The van der Waals surface area contributed by atoms with Crippen LogP contribution in [0.25, 0.3) is 10.9 Å². The number of carbonyl (C=O) groups is 2. The minimum atomic E-state index is -0.591. The summed E-state index contributed by atoms with van der Waals surface area (Å²) in [5, 5.41) is 4.24. The Balaban J connectivity index is 1.70. The van der Waals surface area contributed by atoms with Crippen LogP contribution in [-0.2, 0) is 23.0 Å². The van der Waals surface area contributed by atoms with Crippen molar-refractivity contribution in [3.63, 3.8) is 0 Å². The zero-order valence-electron chi connectivity index (χ0n) is 20.9. The van der Waals surface area contributed by atoms with Gasteiger partial charge in [-0.05, 0) is 35.7 Å². The van der Waals surface area contributed by atoms with Crippen molar-refractivity contribution < 1.29 is 14.3 Å². The monoisotopic (exact) mass is 481 g/mol. The number of aryl methyl sites for hydroxylation is 2. The smallest absolute Gasteiger partial charge is 0.254 e. The molecular weight excluding hydrogens is 450 g/mol. The first-order valence-corrected chi connectivity index (χ1v) is 12.4. The second kappa shape index (κ2) is 9.99. The number of para-hydroxylation sites is 2. The first kappa shape index (κ1) is 23.8. The molecule has 2 atom stereocenters. The molecule has 0 bridgehead atoms. The van der Waals surface area contributed by atoms with E-state index in [4.69, 9.17) is 4.74 Å². The minimum Gasteiger partial charge on any atom is -0.383 e. The molecule has 1 aliphatic heterocycles. The van der Waals surface area contributed by atoms with Gasteiger partial charge in [-0.25, -0.2) is 0 Å². The standard InChI is InChI=1S/C30H31N3O3/c1-4-20-11-5-9-15-25(20)31-29(34)27-22-13-6-7-14-23(22)30(35)33(17-18-36-3)28(27)24-19-32(2)26-16-10-8-12-21(24)26/h5-16,19,27-28H,4,17-18H2,1-3H3,(H,31,34)/t27-,28+/m1/s1. The number of carbonyl (C=O) groups excluding carboxylic acids is 2. The van der Waals surface area contributed by atoms with Gasteiger partial charge in [0.05, 0.1) is 18.6 Å².